The van der Waals surface area contributed by atoms with Crippen LogP contribution in [0, 0.1) is 18.6 Å². The summed E-state index contributed by atoms with van der Waals surface area (Å²) in [6, 6.07) is 3.90. The fraction of sp³-hybridized carbons (Fsp3) is 0.273. The maximum absolute atomic E-state index is 5.28. The van der Waals surface area contributed by atoms with Gasteiger partial charge in [-0.25, -0.2) is 4.98 Å². The van der Waals surface area contributed by atoms with Gasteiger partial charge in [-0.1, -0.05) is 5.16 Å². The predicted octanol–water partition coefficient (Wildman–Crippen LogP) is 2.14. The first kappa shape index (κ1) is 11.1. The van der Waals surface area contributed by atoms with Gasteiger partial charge < -0.3 is 9.51 Å². The highest BCUT2D eigenvalue weighted by atomic mass is 32.1. The second kappa shape index (κ2) is 4.02. The van der Waals surface area contributed by atoms with Gasteiger partial charge in [0.25, 0.3) is 0 Å². The molecule has 0 amide bonds. The molecule has 3 heterocycles. The first-order valence-corrected chi connectivity index (χ1v) is 5.89. The molecule has 0 saturated carbocycles. The molecule has 0 fully saturated rings. The summed E-state index contributed by atoms with van der Waals surface area (Å²) in [5.74, 6) is 1.13. The van der Waals surface area contributed by atoms with Gasteiger partial charge in [-0.15, -0.1) is 0 Å². The van der Waals surface area contributed by atoms with Crippen molar-refractivity contribution in [2.24, 2.45) is 0 Å². The Bertz CT molecular complexity index is 769. The van der Waals surface area contributed by atoms with Crippen LogP contribution in [0.1, 0.15) is 17.4 Å². The molecule has 7 heteroatoms. The number of aryl methyl sites for hydroxylation is 2. The highest BCUT2D eigenvalue weighted by Gasteiger charge is 2.10. The van der Waals surface area contributed by atoms with Gasteiger partial charge in [-0.3, -0.25) is 4.57 Å². The van der Waals surface area contributed by atoms with E-state index >= 15 is 0 Å². The highest BCUT2D eigenvalue weighted by Crippen LogP contribution is 2.14. The standard InChI is InChI=1S/C11H11N5OS/c1-6-3-4-8-10(12-6)16(11(18)14-8)5-9-13-7(2)15-17-9/h3-4H,5H2,1-2H3,(H,14,18). The Labute approximate surface area is 108 Å². The number of hydrogen-bond donors (Lipinski definition) is 1. The van der Waals surface area contributed by atoms with Crippen molar-refractivity contribution >= 4 is 23.4 Å². The lowest BCUT2D eigenvalue weighted by molar-refractivity contribution is 0.368. The number of nitrogens with one attached hydrogen (secondary N) is 1. The normalized spacial score (nSPS) is 11.2. The molecule has 92 valence electrons. The molecular formula is C11H11N5OS. The van der Waals surface area contributed by atoms with Gasteiger partial charge >= 0.3 is 0 Å². The largest absolute Gasteiger partial charge is 0.337 e. The quantitative estimate of drug-likeness (QED) is 0.715. The van der Waals surface area contributed by atoms with Crippen molar-refractivity contribution in [1.82, 2.24) is 24.7 Å². The van der Waals surface area contributed by atoms with Crippen LogP contribution < -0.4 is 0 Å². The number of nitrogens with zero attached hydrogens (tertiary/aromatic N) is 4. The summed E-state index contributed by atoms with van der Waals surface area (Å²) >= 11 is 5.28. The summed E-state index contributed by atoms with van der Waals surface area (Å²) in [5.41, 5.74) is 2.64. The minimum atomic E-state index is 0.427. The van der Waals surface area contributed by atoms with E-state index in [2.05, 4.69) is 20.1 Å². The van der Waals surface area contributed by atoms with Gasteiger partial charge in [-0.2, -0.15) is 4.98 Å². The van der Waals surface area contributed by atoms with Crippen molar-refractivity contribution in [2.75, 3.05) is 0 Å². The fourth-order valence-electron chi connectivity index (χ4n) is 1.81. The first-order valence-electron chi connectivity index (χ1n) is 5.49. The van der Waals surface area contributed by atoms with E-state index in [9.17, 15) is 0 Å². The Kier molecular flexibility index (Phi) is 2.48. The van der Waals surface area contributed by atoms with Gasteiger partial charge in [0.2, 0.25) is 5.89 Å². The smallest absolute Gasteiger partial charge is 0.246 e. The zero-order valence-electron chi connectivity index (χ0n) is 9.97. The van der Waals surface area contributed by atoms with Gasteiger partial charge in [0.15, 0.2) is 16.2 Å². The summed E-state index contributed by atoms with van der Waals surface area (Å²) in [6.45, 7) is 4.15. The molecule has 0 aliphatic carbocycles. The van der Waals surface area contributed by atoms with Crippen LogP contribution in [0.4, 0.5) is 0 Å². The Hall–Kier alpha value is -2.02. The van der Waals surface area contributed by atoms with Crippen molar-refractivity contribution in [2.45, 2.75) is 20.4 Å². The van der Waals surface area contributed by atoms with Gasteiger partial charge in [0, 0.05) is 5.69 Å². The topological polar surface area (TPSA) is 72.5 Å². The molecule has 0 radical (unpaired) electrons. The Balaban J connectivity index is 2.13. The fourth-order valence-corrected chi connectivity index (χ4v) is 2.07. The molecular weight excluding hydrogens is 250 g/mol. The van der Waals surface area contributed by atoms with Gasteiger partial charge in [-0.05, 0) is 38.2 Å². The van der Waals surface area contributed by atoms with E-state index in [1.54, 1.807) is 6.92 Å². The van der Waals surface area contributed by atoms with Crippen LogP contribution in [0.3, 0.4) is 0 Å². The summed E-state index contributed by atoms with van der Waals surface area (Å²) in [7, 11) is 0. The Morgan fingerprint density at radius 3 is 2.89 bits per heavy atom. The SMILES string of the molecule is Cc1ccc2[nH]c(=S)n(Cc3nc(C)no3)c2n1. The van der Waals surface area contributed by atoms with E-state index in [1.807, 2.05) is 23.6 Å². The van der Waals surface area contributed by atoms with Crippen LogP contribution in [0.2, 0.25) is 0 Å². The number of aromatic amines is 1. The van der Waals surface area contributed by atoms with Gasteiger partial charge in [0.05, 0.1) is 5.52 Å². The molecule has 0 spiro atoms. The number of H-pyrrole nitrogens is 1. The Morgan fingerprint density at radius 1 is 1.33 bits per heavy atom. The van der Waals surface area contributed by atoms with E-state index in [0.717, 1.165) is 16.9 Å². The molecule has 0 aliphatic rings. The third-order valence-electron chi connectivity index (χ3n) is 2.62. The maximum atomic E-state index is 5.28. The lowest BCUT2D eigenvalue weighted by Gasteiger charge is -1.99. The number of aromatic nitrogens is 5. The lowest BCUT2D eigenvalue weighted by Crippen LogP contribution is -2.01. The summed E-state index contributed by atoms with van der Waals surface area (Å²) < 4.78 is 7.55. The van der Waals surface area contributed by atoms with Crippen LogP contribution in [0.25, 0.3) is 11.2 Å². The van der Waals surface area contributed by atoms with Gasteiger partial charge in [0.1, 0.15) is 6.54 Å². The number of hydrogen-bond acceptors (Lipinski definition) is 5. The van der Waals surface area contributed by atoms with E-state index in [1.165, 1.54) is 0 Å². The third kappa shape index (κ3) is 1.82. The van der Waals surface area contributed by atoms with Crippen molar-refractivity contribution in [3.05, 3.63) is 34.3 Å². The molecule has 0 aliphatic heterocycles. The molecule has 0 aromatic carbocycles. The average molecular weight is 261 g/mol. The third-order valence-corrected chi connectivity index (χ3v) is 2.94. The van der Waals surface area contributed by atoms with Crippen LogP contribution in [0.5, 0.6) is 0 Å². The molecule has 1 N–H and O–H groups in total. The van der Waals surface area contributed by atoms with E-state index < -0.39 is 0 Å². The summed E-state index contributed by atoms with van der Waals surface area (Å²) in [6.07, 6.45) is 0. The van der Waals surface area contributed by atoms with Crippen LogP contribution >= 0.6 is 12.2 Å². The first-order chi connectivity index (χ1) is 8.63. The number of fused-ring (bicyclic) bond motifs is 1. The van der Waals surface area contributed by atoms with E-state index in [4.69, 9.17) is 16.7 Å². The molecule has 0 saturated heterocycles. The van der Waals surface area contributed by atoms with Crippen molar-refractivity contribution in [3.8, 4) is 0 Å². The van der Waals surface area contributed by atoms with Crippen LogP contribution in [-0.2, 0) is 6.54 Å². The molecule has 3 aromatic heterocycles. The number of pyridine rings is 1. The Morgan fingerprint density at radius 2 is 2.17 bits per heavy atom. The molecule has 6 nitrogen and oxygen atoms in total. The zero-order valence-corrected chi connectivity index (χ0v) is 10.8. The second-order valence-corrected chi connectivity index (χ2v) is 4.46. The second-order valence-electron chi connectivity index (χ2n) is 4.08. The van der Waals surface area contributed by atoms with Crippen molar-refractivity contribution in [3.63, 3.8) is 0 Å². The van der Waals surface area contributed by atoms with E-state index in [-0.39, 0.29) is 0 Å². The monoisotopic (exact) mass is 261 g/mol. The summed E-state index contributed by atoms with van der Waals surface area (Å²) in [5, 5.41) is 3.76. The molecule has 0 unspecified atom stereocenters. The lowest BCUT2D eigenvalue weighted by atomic mass is 10.3. The minimum Gasteiger partial charge on any atom is -0.337 e. The summed E-state index contributed by atoms with van der Waals surface area (Å²) in [4.78, 5) is 11.8. The average Bonchev–Trinajstić information content (AvgIpc) is 2.86. The van der Waals surface area contributed by atoms with Crippen LogP contribution in [0.15, 0.2) is 16.7 Å². The molecule has 3 aromatic rings. The minimum absolute atomic E-state index is 0.427. The van der Waals surface area contributed by atoms with Crippen molar-refractivity contribution < 1.29 is 4.52 Å². The predicted molar refractivity (Wildman–Crippen MR) is 67.8 cm³/mol. The molecule has 0 bridgehead atoms. The molecule has 0 atom stereocenters. The highest BCUT2D eigenvalue weighted by molar-refractivity contribution is 7.71. The number of rotatable bonds is 2. The maximum Gasteiger partial charge on any atom is 0.246 e. The molecule has 3 rings (SSSR count). The molecule has 18 heavy (non-hydrogen) atoms. The van der Waals surface area contributed by atoms with Crippen LogP contribution in [-0.4, -0.2) is 24.7 Å². The number of imidazole rings is 1. The van der Waals surface area contributed by atoms with E-state index in [0.29, 0.717) is 23.0 Å². The zero-order chi connectivity index (χ0) is 12.7. The van der Waals surface area contributed by atoms with Crippen molar-refractivity contribution in [1.29, 1.82) is 0 Å².